The van der Waals surface area contributed by atoms with Gasteiger partial charge < -0.3 is 10.6 Å². The van der Waals surface area contributed by atoms with Gasteiger partial charge in [-0.2, -0.15) is 0 Å². The van der Waals surface area contributed by atoms with E-state index in [1.54, 1.807) is 17.5 Å². The first kappa shape index (κ1) is 21.1. The Balaban J connectivity index is 1.76. The molecule has 1 amide bonds. The van der Waals surface area contributed by atoms with Crippen LogP contribution in [-0.2, 0) is 0 Å². The van der Waals surface area contributed by atoms with E-state index >= 15 is 0 Å². The average molecular weight is 448 g/mol. The van der Waals surface area contributed by atoms with E-state index in [1.165, 1.54) is 0 Å². The first-order valence-corrected chi connectivity index (χ1v) is 11.1. The van der Waals surface area contributed by atoms with Crippen LogP contribution in [0.5, 0.6) is 0 Å². The van der Waals surface area contributed by atoms with Crippen molar-refractivity contribution in [3.63, 3.8) is 0 Å². The van der Waals surface area contributed by atoms with Crippen molar-refractivity contribution in [1.82, 2.24) is 4.98 Å². The maximum Gasteiger partial charge on any atom is 0.256 e. The van der Waals surface area contributed by atoms with Crippen molar-refractivity contribution in [3.8, 4) is 0 Å². The number of anilines is 2. The Kier molecular flexibility index (Phi) is 6.35. The summed E-state index contributed by atoms with van der Waals surface area (Å²) in [5.74, 6) is -0.134. The van der Waals surface area contributed by atoms with Gasteiger partial charge in [-0.15, -0.1) is 11.3 Å². The quantitative estimate of drug-likeness (QED) is 0.339. The number of carbonyl (C=O) groups is 1. The minimum absolute atomic E-state index is 0.134. The van der Waals surface area contributed by atoms with Gasteiger partial charge in [0.05, 0.1) is 11.7 Å². The van der Waals surface area contributed by atoms with Gasteiger partial charge in [-0.1, -0.05) is 41.9 Å². The fourth-order valence-electron chi connectivity index (χ4n) is 3.44. The predicted octanol–water partition coefficient (Wildman–Crippen LogP) is 6.87. The Morgan fingerprint density at radius 2 is 1.77 bits per heavy atom. The fraction of sp³-hybridized carbons (Fsp3) is 0.120. The van der Waals surface area contributed by atoms with Gasteiger partial charge in [0, 0.05) is 32.9 Å². The van der Waals surface area contributed by atoms with E-state index in [4.69, 9.17) is 11.6 Å². The molecule has 0 aliphatic carbocycles. The van der Waals surface area contributed by atoms with Gasteiger partial charge in [0.25, 0.3) is 5.91 Å². The Morgan fingerprint density at radius 1 is 1.00 bits per heavy atom. The molecule has 0 saturated heterocycles. The molecule has 2 heterocycles. The van der Waals surface area contributed by atoms with E-state index in [9.17, 15) is 4.79 Å². The van der Waals surface area contributed by atoms with Crippen LogP contribution in [0.3, 0.4) is 0 Å². The highest BCUT2D eigenvalue weighted by Gasteiger charge is 2.25. The van der Waals surface area contributed by atoms with Crippen LogP contribution in [-0.4, -0.2) is 10.9 Å². The zero-order valence-electron chi connectivity index (χ0n) is 17.2. The van der Waals surface area contributed by atoms with Crippen LogP contribution >= 0.6 is 22.9 Å². The molecule has 4 nitrogen and oxygen atoms in total. The van der Waals surface area contributed by atoms with Crippen LogP contribution < -0.4 is 10.6 Å². The molecule has 0 unspecified atom stereocenters. The molecule has 2 aromatic carbocycles. The van der Waals surface area contributed by atoms with Crippen LogP contribution in [0.4, 0.5) is 10.7 Å². The highest BCUT2D eigenvalue weighted by molar-refractivity contribution is 7.16. The number of nitrogens with one attached hydrogen (secondary N) is 2. The molecule has 0 aliphatic rings. The largest absolute Gasteiger partial charge is 0.373 e. The van der Waals surface area contributed by atoms with Crippen molar-refractivity contribution in [1.29, 1.82) is 0 Å². The number of nitrogens with zero attached hydrogens (tertiary/aromatic N) is 1. The van der Waals surface area contributed by atoms with Gasteiger partial charge in [0.2, 0.25) is 0 Å². The molecule has 0 spiro atoms. The maximum atomic E-state index is 12.9. The van der Waals surface area contributed by atoms with Crippen LogP contribution in [0.1, 0.15) is 38.1 Å². The second-order valence-electron chi connectivity index (χ2n) is 7.19. The third kappa shape index (κ3) is 4.79. The van der Waals surface area contributed by atoms with Crippen molar-refractivity contribution < 1.29 is 4.79 Å². The normalized spacial score (nSPS) is 11.7. The van der Waals surface area contributed by atoms with Crippen LogP contribution in [0, 0.1) is 13.8 Å². The summed E-state index contributed by atoms with van der Waals surface area (Å²) < 4.78 is 0. The third-order valence-electron chi connectivity index (χ3n) is 5.10. The summed E-state index contributed by atoms with van der Waals surface area (Å²) in [5, 5.41) is 8.16. The lowest BCUT2D eigenvalue weighted by atomic mass is 9.99. The lowest BCUT2D eigenvalue weighted by Crippen LogP contribution is -2.18. The number of pyridine rings is 1. The number of thiophene rings is 1. The molecule has 4 rings (SSSR count). The molecule has 156 valence electrons. The Bertz CT molecular complexity index is 1190. The Labute approximate surface area is 190 Å². The summed E-state index contributed by atoms with van der Waals surface area (Å²) in [7, 11) is 0. The number of hydrogen-bond donors (Lipinski definition) is 2. The molecule has 2 aromatic heterocycles. The second-order valence-corrected chi connectivity index (χ2v) is 8.85. The highest BCUT2D eigenvalue weighted by atomic mass is 35.5. The lowest BCUT2D eigenvalue weighted by molar-refractivity contribution is 0.102. The molecular formula is C25H22ClN3OS. The van der Waals surface area contributed by atoms with Crippen molar-refractivity contribution >= 4 is 39.5 Å². The van der Waals surface area contributed by atoms with E-state index in [0.717, 1.165) is 32.4 Å². The topological polar surface area (TPSA) is 54.0 Å². The van der Waals surface area contributed by atoms with Gasteiger partial charge in [-0.05, 0) is 61.9 Å². The number of carbonyl (C=O) groups excluding carboxylic acids is 1. The molecule has 4 aromatic rings. The third-order valence-corrected chi connectivity index (χ3v) is 6.48. The van der Waals surface area contributed by atoms with E-state index in [-0.39, 0.29) is 11.9 Å². The highest BCUT2D eigenvalue weighted by Crippen LogP contribution is 2.40. The monoisotopic (exact) mass is 447 g/mol. The molecule has 0 aliphatic heterocycles. The molecule has 1 atom stereocenters. The second kappa shape index (κ2) is 9.33. The van der Waals surface area contributed by atoms with E-state index in [2.05, 4.69) is 29.5 Å². The van der Waals surface area contributed by atoms with Crippen LogP contribution in [0.15, 0.2) is 79.0 Å². The number of rotatable bonds is 6. The fourth-order valence-corrected chi connectivity index (χ4v) is 4.72. The first-order chi connectivity index (χ1) is 15.0. The number of aryl methyl sites for hydroxylation is 1. The van der Waals surface area contributed by atoms with Gasteiger partial charge in [0.15, 0.2) is 0 Å². The van der Waals surface area contributed by atoms with E-state index < -0.39 is 0 Å². The lowest BCUT2D eigenvalue weighted by Gasteiger charge is -2.22. The molecule has 0 saturated carbocycles. The number of halogens is 1. The number of aromatic nitrogens is 1. The molecule has 6 heteroatoms. The first-order valence-electron chi connectivity index (χ1n) is 9.92. The molecule has 0 bridgehead atoms. The summed E-state index contributed by atoms with van der Waals surface area (Å²) in [6.07, 6.45) is 1.78. The smallest absolute Gasteiger partial charge is 0.256 e. The molecule has 31 heavy (non-hydrogen) atoms. The standard InChI is InChI=1S/C25H22ClN3OS/c1-16-17(2)31-25(29-24(30)18-9-4-3-5-10-18)22(16)23(21-13-6-7-14-27-21)28-20-12-8-11-19(26)15-20/h3-15,23,28H,1-2H3,(H,29,30)/t23-/m0/s1. The summed E-state index contributed by atoms with van der Waals surface area (Å²) >= 11 is 7.79. The zero-order valence-corrected chi connectivity index (χ0v) is 18.8. The SMILES string of the molecule is Cc1sc(NC(=O)c2ccccc2)c([C@@H](Nc2cccc(Cl)c2)c2ccccn2)c1C. The van der Waals surface area contributed by atoms with Gasteiger partial charge in [-0.25, -0.2) is 0 Å². The predicted molar refractivity (Wildman–Crippen MR) is 129 cm³/mol. The van der Waals surface area contributed by atoms with Gasteiger partial charge in [-0.3, -0.25) is 9.78 Å². The van der Waals surface area contributed by atoms with Gasteiger partial charge in [0.1, 0.15) is 5.00 Å². The number of amides is 1. The summed E-state index contributed by atoms with van der Waals surface area (Å²) in [6, 6.07) is 22.4. The van der Waals surface area contributed by atoms with Gasteiger partial charge >= 0.3 is 0 Å². The molecule has 2 N–H and O–H groups in total. The maximum absolute atomic E-state index is 12.9. The Hall–Kier alpha value is -3.15. The minimum atomic E-state index is -0.254. The minimum Gasteiger partial charge on any atom is -0.373 e. The Morgan fingerprint density at radius 3 is 2.48 bits per heavy atom. The molecule has 0 radical (unpaired) electrons. The molecule has 0 fully saturated rings. The summed E-state index contributed by atoms with van der Waals surface area (Å²) in [5.41, 5.74) is 4.49. The van der Waals surface area contributed by atoms with Crippen molar-refractivity contribution in [3.05, 3.63) is 111 Å². The van der Waals surface area contributed by atoms with Crippen molar-refractivity contribution in [2.45, 2.75) is 19.9 Å². The van der Waals surface area contributed by atoms with E-state index in [1.807, 2.05) is 72.8 Å². The van der Waals surface area contributed by atoms with E-state index in [0.29, 0.717) is 10.6 Å². The number of benzene rings is 2. The van der Waals surface area contributed by atoms with Crippen LogP contribution in [0.2, 0.25) is 5.02 Å². The summed E-state index contributed by atoms with van der Waals surface area (Å²) in [6.45, 7) is 4.14. The summed E-state index contributed by atoms with van der Waals surface area (Å²) in [4.78, 5) is 18.6. The molecular weight excluding hydrogens is 426 g/mol. The van der Waals surface area contributed by atoms with Crippen molar-refractivity contribution in [2.24, 2.45) is 0 Å². The van der Waals surface area contributed by atoms with Crippen molar-refractivity contribution in [2.75, 3.05) is 10.6 Å². The van der Waals surface area contributed by atoms with Crippen LogP contribution in [0.25, 0.3) is 0 Å². The average Bonchev–Trinajstić information content (AvgIpc) is 3.06. The zero-order chi connectivity index (χ0) is 21.8. The number of hydrogen-bond acceptors (Lipinski definition) is 4.